The normalized spacial score (nSPS) is 16.9. The lowest BCUT2D eigenvalue weighted by atomic mass is 10.1. The minimum atomic E-state index is -0.239. The van der Waals surface area contributed by atoms with Crippen LogP contribution in [0.3, 0.4) is 0 Å². The van der Waals surface area contributed by atoms with E-state index in [4.69, 9.17) is 9.15 Å². The van der Waals surface area contributed by atoms with E-state index in [-0.39, 0.29) is 12.6 Å². The van der Waals surface area contributed by atoms with Gasteiger partial charge >= 0.3 is 5.97 Å². The first-order valence-electron chi connectivity index (χ1n) is 7.12. The average Bonchev–Trinajstić information content (AvgIpc) is 3.17. The highest BCUT2D eigenvalue weighted by molar-refractivity contribution is 9.10. The zero-order valence-corrected chi connectivity index (χ0v) is 13.5. The van der Waals surface area contributed by atoms with Gasteiger partial charge in [0.1, 0.15) is 0 Å². The van der Waals surface area contributed by atoms with Crippen molar-refractivity contribution >= 4 is 21.9 Å². The number of benzene rings is 1. The predicted molar refractivity (Wildman–Crippen MR) is 83.7 cm³/mol. The fourth-order valence-corrected chi connectivity index (χ4v) is 2.79. The molecule has 1 aromatic carbocycles. The molecule has 0 saturated heterocycles. The van der Waals surface area contributed by atoms with Gasteiger partial charge in [-0.3, -0.25) is 4.79 Å². The first-order chi connectivity index (χ1) is 10.7. The maximum Gasteiger partial charge on any atom is 0.306 e. The van der Waals surface area contributed by atoms with Crippen LogP contribution in [0, 0.1) is 5.92 Å². The number of hydrogen-bond acceptors (Lipinski definition) is 5. The van der Waals surface area contributed by atoms with Crippen molar-refractivity contribution in [3.63, 3.8) is 0 Å². The topological polar surface area (TPSA) is 65.2 Å². The maximum absolute atomic E-state index is 11.7. The third kappa shape index (κ3) is 3.62. The Balaban J connectivity index is 1.57. The van der Waals surface area contributed by atoms with E-state index in [1.165, 1.54) is 0 Å². The molecule has 3 rings (SSSR count). The Kier molecular flexibility index (Phi) is 4.68. The van der Waals surface area contributed by atoms with E-state index >= 15 is 0 Å². The first kappa shape index (κ1) is 15.0. The van der Waals surface area contributed by atoms with Gasteiger partial charge in [0.2, 0.25) is 5.89 Å². The third-order valence-electron chi connectivity index (χ3n) is 3.47. The van der Waals surface area contributed by atoms with Gasteiger partial charge in [0.05, 0.1) is 12.0 Å². The van der Waals surface area contributed by atoms with Crippen LogP contribution in [0.1, 0.15) is 25.2 Å². The quantitative estimate of drug-likeness (QED) is 0.596. The summed E-state index contributed by atoms with van der Waals surface area (Å²) in [7, 11) is 0. The summed E-state index contributed by atoms with van der Waals surface area (Å²) in [5, 5.41) is 7.89. The molecule has 0 bridgehead atoms. The Morgan fingerprint density at radius 1 is 1.36 bits per heavy atom. The van der Waals surface area contributed by atoms with E-state index in [0.717, 1.165) is 22.9 Å². The standard InChI is InChI=1S/C16H15BrN2O3/c17-13-8-4-3-7-12(13)16-19-18-14(22-16)10-21-15(20)9-11-5-1-2-6-11/h1,3-5,7-8,11H,2,6,9-10H2/t11-/m0/s1. The largest absolute Gasteiger partial charge is 0.456 e. The predicted octanol–water partition coefficient (Wildman–Crippen LogP) is 3.90. The molecule has 0 amide bonds. The Morgan fingerprint density at radius 2 is 2.23 bits per heavy atom. The van der Waals surface area contributed by atoms with Crippen LogP contribution >= 0.6 is 15.9 Å². The zero-order chi connectivity index (χ0) is 15.4. The summed E-state index contributed by atoms with van der Waals surface area (Å²) >= 11 is 3.43. The van der Waals surface area contributed by atoms with E-state index in [1.54, 1.807) is 0 Å². The molecule has 1 heterocycles. The van der Waals surface area contributed by atoms with Gasteiger partial charge < -0.3 is 9.15 Å². The van der Waals surface area contributed by atoms with Crippen molar-refractivity contribution in [1.82, 2.24) is 10.2 Å². The van der Waals surface area contributed by atoms with E-state index in [9.17, 15) is 4.79 Å². The van der Waals surface area contributed by atoms with Crippen molar-refractivity contribution < 1.29 is 13.9 Å². The molecular formula is C16H15BrN2O3. The number of hydrogen-bond donors (Lipinski definition) is 0. The Labute approximate surface area is 136 Å². The summed E-state index contributed by atoms with van der Waals surface area (Å²) < 4.78 is 11.6. The highest BCUT2D eigenvalue weighted by Gasteiger charge is 2.17. The van der Waals surface area contributed by atoms with Crippen LogP contribution in [0.5, 0.6) is 0 Å². The fraction of sp³-hybridized carbons (Fsp3) is 0.312. The number of ether oxygens (including phenoxy) is 1. The maximum atomic E-state index is 11.7. The minimum absolute atomic E-state index is 0.00667. The van der Waals surface area contributed by atoms with Crippen LogP contribution < -0.4 is 0 Å². The van der Waals surface area contributed by atoms with Crippen molar-refractivity contribution in [2.75, 3.05) is 0 Å². The number of allylic oxidation sites excluding steroid dienone is 2. The zero-order valence-electron chi connectivity index (χ0n) is 11.9. The molecule has 6 heteroatoms. The van der Waals surface area contributed by atoms with Gasteiger partial charge in [-0.05, 0) is 46.8 Å². The highest BCUT2D eigenvalue weighted by Crippen LogP contribution is 2.27. The monoisotopic (exact) mass is 362 g/mol. The number of carbonyl (C=O) groups excluding carboxylic acids is 1. The summed E-state index contributed by atoms with van der Waals surface area (Å²) in [6, 6.07) is 7.57. The highest BCUT2D eigenvalue weighted by atomic mass is 79.9. The van der Waals surface area contributed by atoms with Crippen LogP contribution in [0.4, 0.5) is 0 Å². The summed E-state index contributed by atoms with van der Waals surface area (Å²) in [5.74, 6) is 0.751. The van der Waals surface area contributed by atoms with Crippen LogP contribution in [-0.2, 0) is 16.1 Å². The molecule has 0 spiro atoms. The third-order valence-corrected chi connectivity index (χ3v) is 4.16. The number of esters is 1. The molecule has 0 radical (unpaired) electrons. The molecule has 0 unspecified atom stereocenters. The molecule has 5 nitrogen and oxygen atoms in total. The Bertz CT molecular complexity index is 696. The Morgan fingerprint density at radius 3 is 3.00 bits per heavy atom. The number of carbonyl (C=O) groups is 1. The molecule has 1 aliphatic carbocycles. The molecule has 0 aliphatic heterocycles. The molecular weight excluding hydrogens is 348 g/mol. The van der Waals surface area contributed by atoms with Crippen molar-refractivity contribution in [2.45, 2.75) is 25.9 Å². The summed E-state index contributed by atoms with van der Waals surface area (Å²) in [4.78, 5) is 11.7. The first-order valence-corrected chi connectivity index (χ1v) is 7.91. The number of nitrogens with zero attached hydrogens (tertiary/aromatic N) is 2. The lowest BCUT2D eigenvalue weighted by Crippen LogP contribution is -2.09. The number of halogens is 1. The van der Waals surface area contributed by atoms with Crippen molar-refractivity contribution in [2.24, 2.45) is 5.92 Å². The SMILES string of the molecule is O=C(C[C@H]1C=CCC1)OCc1nnc(-c2ccccc2Br)o1. The molecule has 1 atom stereocenters. The molecule has 2 aromatic rings. The number of rotatable bonds is 5. The van der Waals surface area contributed by atoms with Crippen LogP contribution in [0.15, 0.2) is 45.3 Å². The van der Waals surface area contributed by atoms with E-state index in [2.05, 4.69) is 38.3 Å². The van der Waals surface area contributed by atoms with Gasteiger partial charge in [0.15, 0.2) is 6.61 Å². The smallest absolute Gasteiger partial charge is 0.306 e. The van der Waals surface area contributed by atoms with Crippen LogP contribution in [0.25, 0.3) is 11.5 Å². The molecule has 1 aromatic heterocycles. The summed E-state index contributed by atoms with van der Waals surface area (Å²) in [5.41, 5.74) is 0.809. The molecule has 114 valence electrons. The molecule has 0 saturated carbocycles. The molecule has 0 N–H and O–H groups in total. The molecule has 0 fully saturated rings. The van der Waals surface area contributed by atoms with Gasteiger partial charge in [-0.15, -0.1) is 10.2 Å². The van der Waals surface area contributed by atoms with E-state index < -0.39 is 0 Å². The van der Waals surface area contributed by atoms with E-state index in [1.807, 2.05) is 24.3 Å². The second-order valence-corrected chi connectivity index (χ2v) is 5.97. The summed E-state index contributed by atoms with van der Waals surface area (Å²) in [6.07, 6.45) is 6.62. The van der Waals surface area contributed by atoms with E-state index in [0.29, 0.717) is 24.1 Å². The van der Waals surface area contributed by atoms with Crippen LogP contribution in [-0.4, -0.2) is 16.2 Å². The minimum Gasteiger partial charge on any atom is -0.456 e. The molecule has 22 heavy (non-hydrogen) atoms. The second kappa shape index (κ2) is 6.87. The average molecular weight is 363 g/mol. The Hall–Kier alpha value is -1.95. The lowest BCUT2D eigenvalue weighted by molar-refractivity contribution is -0.146. The second-order valence-electron chi connectivity index (χ2n) is 5.11. The van der Waals surface area contributed by atoms with Crippen LogP contribution in [0.2, 0.25) is 0 Å². The van der Waals surface area contributed by atoms with Crippen molar-refractivity contribution in [1.29, 1.82) is 0 Å². The lowest BCUT2D eigenvalue weighted by Gasteiger charge is -2.06. The summed E-state index contributed by atoms with van der Waals surface area (Å²) in [6.45, 7) is 0.00667. The number of aromatic nitrogens is 2. The molecule has 1 aliphatic rings. The van der Waals surface area contributed by atoms with Gasteiger partial charge in [-0.2, -0.15) is 0 Å². The van der Waals surface area contributed by atoms with Gasteiger partial charge in [-0.25, -0.2) is 0 Å². The van der Waals surface area contributed by atoms with Crippen molar-refractivity contribution in [3.05, 3.63) is 46.8 Å². The van der Waals surface area contributed by atoms with Gasteiger partial charge in [0.25, 0.3) is 5.89 Å². The fourth-order valence-electron chi connectivity index (χ4n) is 2.34. The van der Waals surface area contributed by atoms with Crippen molar-refractivity contribution in [3.8, 4) is 11.5 Å². The van der Waals surface area contributed by atoms with Gasteiger partial charge in [0, 0.05) is 4.47 Å². The van der Waals surface area contributed by atoms with Gasteiger partial charge in [-0.1, -0.05) is 24.3 Å².